The van der Waals surface area contributed by atoms with Crippen LogP contribution in [0.2, 0.25) is 0 Å². The number of pyridine rings is 2. The van der Waals surface area contributed by atoms with Crippen molar-refractivity contribution in [2.45, 2.75) is 51.5 Å². The van der Waals surface area contributed by atoms with Gasteiger partial charge in [-0.25, -0.2) is 18.7 Å². The quantitative estimate of drug-likeness (QED) is 0.627. The van der Waals surface area contributed by atoms with Crippen LogP contribution in [0.4, 0.5) is 14.7 Å². The number of methoxy groups -OCH3 is 1. The van der Waals surface area contributed by atoms with E-state index in [1.807, 2.05) is 0 Å². The summed E-state index contributed by atoms with van der Waals surface area (Å²) in [4.78, 5) is 26.7. The largest absolute Gasteiger partial charge is 0.481 e. The summed E-state index contributed by atoms with van der Waals surface area (Å²) in [6, 6.07) is 5.29. The molecule has 0 spiro atoms. The molecule has 3 aromatic heterocycles. The zero-order valence-electron chi connectivity index (χ0n) is 17.6. The number of hydrogen-bond donors (Lipinski definition) is 1. The molecular weight excluding hydrogens is 404 g/mol. The zero-order valence-corrected chi connectivity index (χ0v) is 17.6. The minimum atomic E-state index is -2.52. The number of nitrogens with zero attached hydrogens (tertiary/aromatic N) is 4. The van der Waals surface area contributed by atoms with Crippen LogP contribution < -0.4 is 15.6 Å². The number of fused-ring (bicyclic) bond motifs is 1. The van der Waals surface area contributed by atoms with Gasteiger partial charge in [0.2, 0.25) is 11.8 Å². The van der Waals surface area contributed by atoms with E-state index in [0.717, 1.165) is 37.5 Å². The fraction of sp³-hybridized carbons (Fsp3) is 0.455. The second-order valence-corrected chi connectivity index (χ2v) is 7.76. The van der Waals surface area contributed by atoms with Crippen molar-refractivity contribution in [3.8, 4) is 17.0 Å². The number of aryl methyl sites for hydroxylation is 1. The van der Waals surface area contributed by atoms with E-state index in [1.165, 1.54) is 7.11 Å². The summed E-state index contributed by atoms with van der Waals surface area (Å²) in [5.74, 6) is 0.569. The van der Waals surface area contributed by atoms with Gasteiger partial charge in [-0.1, -0.05) is 19.3 Å². The van der Waals surface area contributed by atoms with Gasteiger partial charge in [0.25, 0.3) is 12.0 Å². The van der Waals surface area contributed by atoms with E-state index in [-0.39, 0.29) is 17.5 Å². The molecule has 7 nitrogen and oxygen atoms in total. The number of hydrogen-bond acceptors (Lipinski definition) is 6. The van der Waals surface area contributed by atoms with Crippen LogP contribution in [-0.2, 0) is 0 Å². The number of halogens is 2. The molecule has 9 heteroatoms. The smallest absolute Gasteiger partial charge is 0.260 e. The highest BCUT2D eigenvalue weighted by atomic mass is 19.3. The molecule has 0 saturated heterocycles. The average molecular weight is 429 g/mol. The van der Waals surface area contributed by atoms with Crippen LogP contribution in [0.15, 0.2) is 29.2 Å². The summed E-state index contributed by atoms with van der Waals surface area (Å²) in [6.45, 7) is 1.25. The lowest BCUT2D eigenvalue weighted by Gasteiger charge is -2.26. The number of anilines is 1. The van der Waals surface area contributed by atoms with Gasteiger partial charge in [-0.05, 0) is 31.9 Å². The molecule has 164 valence electrons. The molecule has 1 N–H and O–H groups in total. The fourth-order valence-corrected chi connectivity index (χ4v) is 4.14. The number of nitrogens with one attached hydrogen (secondary N) is 1. The lowest BCUT2D eigenvalue weighted by Crippen LogP contribution is -2.29. The zero-order chi connectivity index (χ0) is 22.0. The maximum Gasteiger partial charge on any atom is 0.260 e. The summed E-state index contributed by atoms with van der Waals surface area (Å²) >= 11 is 0. The second-order valence-electron chi connectivity index (χ2n) is 7.76. The van der Waals surface area contributed by atoms with Gasteiger partial charge in [-0.3, -0.25) is 9.36 Å². The molecule has 31 heavy (non-hydrogen) atoms. The van der Waals surface area contributed by atoms with Crippen molar-refractivity contribution in [3.63, 3.8) is 0 Å². The summed E-state index contributed by atoms with van der Waals surface area (Å²) in [5, 5.41) is 3.30. The minimum Gasteiger partial charge on any atom is -0.481 e. The predicted octanol–water partition coefficient (Wildman–Crippen LogP) is 4.35. The average Bonchev–Trinajstić information content (AvgIpc) is 2.78. The van der Waals surface area contributed by atoms with Crippen LogP contribution in [0.3, 0.4) is 0 Å². The first-order chi connectivity index (χ1) is 15.0. The molecule has 1 aliphatic carbocycles. The van der Waals surface area contributed by atoms with Crippen LogP contribution in [0.1, 0.15) is 43.8 Å². The van der Waals surface area contributed by atoms with Crippen LogP contribution in [0.25, 0.3) is 22.2 Å². The van der Waals surface area contributed by atoms with E-state index in [0.29, 0.717) is 28.3 Å². The molecule has 1 fully saturated rings. The predicted molar refractivity (Wildman–Crippen MR) is 115 cm³/mol. The molecule has 3 heterocycles. The molecule has 0 aromatic carbocycles. The number of aromatic nitrogens is 4. The molecule has 0 amide bonds. The highest BCUT2D eigenvalue weighted by molar-refractivity contribution is 5.84. The van der Waals surface area contributed by atoms with Gasteiger partial charge in [0.15, 0.2) is 0 Å². The molecule has 0 bridgehead atoms. The summed E-state index contributed by atoms with van der Waals surface area (Å²) in [6.07, 6.45) is 4.05. The molecule has 0 atom stereocenters. The Bertz CT molecular complexity index is 1130. The second kappa shape index (κ2) is 8.95. The molecule has 3 aromatic rings. The normalized spacial score (nSPS) is 14.9. The molecule has 0 unspecified atom stereocenters. The number of ether oxygens (including phenoxy) is 1. The van der Waals surface area contributed by atoms with E-state index in [9.17, 15) is 13.6 Å². The third-order valence-electron chi connectivity index (χ3n) is 5.69. The first-order valence-electron chi connectivity index (χ1n) is 10.4. The van der Waals surface area contributed by atoms with Crippen molar-refractivity contribution in [2.24, 2.45) is 0 Å². The van der Waals surface area contributed by atoms with Crippen LogP contribution in [0.5, 0.6) is 5.88 Å². The number of rotatable bonds is 6. The minimum absolute atomic E-state index is 0.00663. The van der Waals surface area contributed by atoms with E-state index >= 15 is 0 Å². The lowest BCUT2D eigenvalue weighted by atomic mass is 9.94. The van der Waals surface area contributed by atoms with Gasteiger partial charge in [-0.2, -0.15) is 4.98 Å². The Morgan fingerprint density at radius 1 is 1.23 bits per heavy atom. The topological polar surface area (TPSA) is 81.9 Å². The molecular formula is C22H25F2N5O2. The van der Waals surface area contributed by atoms with Crippen LogP contribution >= 0.6 is 0 Å². The first kappa shape index (κ1) is 21.1. The standard InChI is InChI=1S/C22H25F2N5O2/c1-13-16-10-17(14-8-9-19(31-2)25-11-14)21(30)29(15-6-4-3-5-7-15)20(16)28-22(27-13)26-12-18(23)24/h8-11,15,18H,3-7,12H2,1-2H3,(H,26,27,28). The maximum absolute atomic E-state index is 13.6. The van der Waals surface area contributed by atoms with Crippen LogP contribution in [-0.4, -0.2) is 39.6 Å². The first-order valence-corrected chi connectivity index (χ1v) is 10.4. The lowest BCUT2D eigenvalue weighted by molar-refractivity contribution is 0.163. The van der Waals surface area contributed by atoms with E-state index in [2.05, 4.69) is 20.3 Å². The van der Waals surface area contributed by atoms with Crippen molar-refractivity contribution in [1.82, 2.24) is 19.5 Å². The van der Waals surface area contributed by atoms with Gasteiger partial charge in [0, 0.05) is 34.8 Å². The maximum atomic E-state index is 13.6. The highest BCUT2D eigenvalue weighted by Crippen LogP contribution is 2.32. The molecule has 0 aliphatic heterocycles. The third kappa shape index (κ3) is 4.35. The van der Waals surface area contributed by atoms with Crippen molar-refractivity contribution >= 4 is 17.0 Å². The van der Waals surface area contributed by atoms with Gasteiger partial charge >= 0.3 is 0 Å². The molecule has 1 aliphatic rings. The van der Waals surface area contributed by atoms with E-state index in [1.54, 1.807) is 35.9 Å². The van der Waals surface area contributed by atoms with Crippen LogP contribution in [0, 0.1) is 6.92 Å². The van der Waals surface area contributed by atoms with Gasteiger partial charge in [0.05, 0.1) is 19.3 Å². The fourth-order valence-electron chi connectivity index (χ4n) is 4.14. The van der Waals surface area contributed by atoms with Crippen molar-refractivity contribution < 1.29 is 13.5 Å². The van der Waals surface area contributed by atoms with Crippen molar-refractivity contribution in [1.29, 1.82) is 0 Å². The number of alkyl halides is 2. The Labute approximate surface area is 178 Å². The Morgan fingerprint density at radius 2 is 2.00 bits per heavy atom. The van der Waals surface area contributed by atoms with Crippen molar-refractivity contribution in [2.75, 3.05) is 19.0 Å². The molecule has 1 saturated carbocycles. The Kier molecular flexibility index (Phi) is 6.11. The monoisotopic (exact) mass is 429 g/mol. The SMILES string of the molecule is COc1ccc(-c2cc3c(C)nc(NCC(F)F)nc3n(C3CCCCC3)c2=O)cn1. The Morgan fingerprint density at radius 3 is 2.65 bits per heavy atom. The third-order valence-corrected chi connectivity index (χ3v) is 5.69. The highest BCUT2D eigenvalue weighted by Gasteiger charge is 2.23. The Balaban J connectivity index is 1.92. The molecule has 0 radical (unpaired) electrons. The van der Waals surface area contributed by atoms with Gasteiger partial charge in [0.1, 0.15) is 5.65 Å². The summed E-state index contributed by atoms with van der Waals surface area (Å²) in [7, 11) is 1.54. The summed E-state index contributed by atoms with van der Waals surface area (Å²) in [5.41, 5.74) is 2.12. The summed E-state index contributed by atoms with van der Waals surface area (Å²) < 4.78 is 32.2. The van der Waals surface area contributed by atoms with E-state index in [4.69, 9.17) is 4.74 Å². The van der Waals surface area contributed by atoms with Crippen molar-refractivity contribution in [3.05, 3.63) is 40.4 Å². The van der Waals surface area contributed by atoms with Gasteiger partial charge in [-0.15, -0.1) is 0 Å². The molecule has 4 rings (SSSR count). The Hall–Kier alpha value is -3.10. The van der Waals surface area contributed by atoms with E-state index < -0.39 is 13.0 Å². The van der Waals surface area contributed by atoms with Gasteiger partial charge < -0.3 is 10.1 Å².